The molecule has 0 atom stereocenters. The third-order valence-electron chi connectivity index (χ3n) is 2.03. The number of aromatic nitrogens is 2. The number of rotatable bonds is 2. The third-order valence-corrected chi connectivity index (χ3v) is 2.93. The lowest BCUT2D eigenvalue weighted by Gasteiger charge is -2.00. The molecule has 78 valence electrons. The van der Waals surface area contributed by atoms with E-state index >= 15 is 0 Å². The van der Waals surface area contributed by atoms with Crippen molar-refractivity contribution in [3.8, 4) is 0 Å². The Kier molecular flexibility index (Phi) is 2.70. The quantitative estimate of drug-likeness (QED) is 0.658. The predicted octanol–water partition coefficient (Wildman–Crippen LogP) is 2.22. The van der Waals surface area contributed by atoms with Crippen LogP contribution in [0.3, 0.4) is 0 Å². The van der Waals surface area contributed by atoms with E-state index in [-0.39, 0.29) is 5.69 Å². The number of fused-ring (bicyclic) bond motifs is 1. The average molecular weight is 287 g/mol. The second-order valence-electron chi connectivity index (χ2n) is 2.91. The van der Waals surface area contributed by atoms with Gasteiger partial charge in [0.05, 0.1) is 10.1 Å². The molecule has 0 aliphatic carbocycles. The number of carboxylic acids is 1. The van der Waals surface area contributed by atoms with E-state index in [2.05, 4.69) is 33.5 Å². The fraction of sp³-hybridized carbons (Fsp3) is 0.111. The maximum absolute atomic E-state index is 10.9. The SMILES string of the molecule is O=C(O)c1nc(CS)n2c(Br)cccc12. The number of nitrogens with zero attached hydrogens (tertiary/aromatic N) is 2. The molecule has 0 bridgehead atoms. The number of carboxylic acid groups (broad SMARTS) is 1. The highest BCUT2D eigenvalue weighted by atomic mass is 79.9. The highest BCUT2D eigenvalue weighted by Crippen LogP contribution is 2.20. The van der Waals surface area contributed by atoms with Crippen molar-refractivity contribution in [3.05, 3.63) is 34.3 Å². The molecule has 15 heavy (non-hydrogen) atoms. The van der Waals surface area contributed by atoms with E-state index in [0.29, 0.717) is 17.1 Å². The Morgan fingerprint density at radius 2 is 2.33 bits per heavy atom. The van der Waals surface area contributed by atoms with Crippen LogP contribution in [-0.4, -0.2) is 20.5 Å². The number of hydrogen-bond donors (Lipinski definition) is 2. The summed E-state index contributed by atoms with van der Waals surface area (Å²) in [6.07, 6.45) is 0. The van der Waals surface area contributed by atoms with Crippen molar-refractivity contribution < 1.29 is 9.90 Å². The largest absolute Gasteiger partial charge is 0.476 e. The smallest absolute Gasteiger partial charge is 0.356 e. The molecule has 0 fully saturated rings. The van der Waals surface area contributed by atoms with Crippen molar-refractivity contribution in [2.24, 2.45) is 0 Å². The Bertz CT molecular complexity index is 538. The van der Waals surface area contributed by atoms with Crippen molar-refractivity contribution in [2.45, 2.75) is 5.75 Å². The van der Waals surface area contributed by atoms with Crippen LogP contribution in [0.25, 0.3) is 5.52 Å². The number of halogens is 1. The molecule has 2 heterocycles. The zero-order valence-corrected chi connectivity index (χ0v) is 9.99. The number of aromatic carboxylic acids is 1. The van der Waals surface area contributed by atoms with E-state index in [9.17, 15) is 4.79 Å². The van der Waals surface area contributed by atoms with E-state index in [1.54, 1.807) is 16.5 Å². The summed E-state index contributed by atoms with van der Waals surface area (Å²) >= 11 is 7.46. The van der Waals surface area contributed by atoms with Crippen molar-refractivity contribution in [3.63, 3.8) is 0 Å². The van der Waals surface area contributed by atoms with Gasteiger partial charge in [-0.05, 0) is 28.1 Å². The molecule has 0 saturated heterocycles. The highest BCUT2D eigenvalue weighted by Gasteiger charge is 2.16. The monoisotopic (exact) mass is 286 g/mol. The molecule has 0 saturated carbocycles. The molecule has 2 aromatic heterocycles. The van der Waals surface area contributed by atoms with E-state index in [1.165, 1.54) is 0 Å². The first-order valence-corrected chi connectivity index (χ1v) is 5.57. The topological polar surface area (TPSA) is 54.6 Å². The lowest BCUT2D eigenvalue weighted by atomic mass is 10.3. The second kappa shape index (κ2) is 3.86. The fourth-order valence-corrected chi connectivity index (χ4v) is 2.19. The van der Waals surface area contributed by atoms with Gasteiger partial charge in [0, 0.05) is 5.75 Å². The molecule has 0 amide bonds. The van der Waals surface area contributed by atoms with Gasteiger partial charge in [-0.3, -0.25) is 4.40 Å². The zero-order valence-electron chi connectivity index (χ0n) is 7.51. The second-order valence-corrected chi connectivity index (χ2v) is 4.04. The average Bonchev–Trinajstić information content (AvgIpc) is 2.58. The van der Waals surface area contributed by atoms with Crippen LogP contribution in [0.2, 0.25) is 0 Å². The van der Waals surface area contributed by atoms with Crippen LogP contribution in [-0.2, 0) is 5.75 Å². The maximum atomic E-state index is 10.9. The lowest BCUT2D eigenvalue weighted by Crippen LogP contribution is -1.97. The van der Waals surface area contributed by atoms with Gasteiger partial charge in [0.25, 0.3) is 0 Å². The molecule has 2 aromatic rings. The predicted molar refractivity (Wildman–Crippen MR) is 62.5 cm³/mol. The van der Waals surface area contributed by atoms with Crippen LogP contribution in [0.15, 0.2) is 22.8 Å². The van der Waals surface area contributed by atoms with Gasteiger partial charge in [0.15, 0.2) is 5.69 Å². The van der Waals surface area contributed by atoms with Gasteiger partial charge in [0.2, 0.25) is 0 Å². The van der Waals surface area contributed by atoms with E-state index < -0.39 is 5.97 Å². The number of imidazole rings is 1. The number of hydrogen-bond acceptors (Lipinski definition) is 3. The standard InChI is InChI=1S/C9H7BrN2O2S/c10-6-3-1-2-5-8(9(13)14)11-7(4-15)12(5)6/h1-3,15H,4H2,(H,13,14). The Morgan fingerprint density at radius 3 is 2.93 bits per heavy atom. The Hall–Kier alpha value is -1.01. The zero-order chi connectivity index (χ0) is 11.0. The molecule has 0 spiro atoms. The summed E-state index contributed by atoms with van der Waals surface area (Å²) in [6.45, 7) is 0. The molecule has 0 radical (unpaired) electrons. The number of pyridine rings is 1. The number of thiol groups is 1. The summed E-state index contributed by atoms with van der Waals surface area (Å²) < 4.78 is 2.50. The van der Waals surface area contributed by atoms with Crippen molar-refractivity contribution >= 4 is 40.0 Å². The molecule has 4 nitrogen and oxygen atoms in total. The minimum absolute atomic E-state index is 0.0559. The van der Waals surface area contributed by atoms with Crippen LogP contribution in [0.4, 0.5) is 0 Å². The van der Waals surface area contributed by atoms with Gasteiger partial charge >= 0.3 is 5.97 Å². The first-order valence-electron chi connectivity index (χ1n) is 4.15. The summed E-state index contributed by atoms with van der Waals surface area (Å²) in [4.78, 5) is 15.0. The minimum atomic E-state index is -1.03. The van der Waals surface area contributed by atoms with Crippen LogP contribution < -0.4 is 0 Å². The molecule has 0 aromatic carbocycles. The van der Waals surface area contributed by atoms with Crippen LogP contribution in [0, 0.1) is 0 Å². The summed E-state index contributed by atoms with van der Waals surface area (Å²) in [5.74, 6) is -0.0336. The molecule has 0 aliphatic heterocycles. The Balaban J connectivity index is 2.87. The van der Waals surface area contributed by atoms with Crippen LogP contribution >= 0.6 is 28.6 Å². The fourth-order valence-electron chi connectivity index (χ4n) is 1.43. The molecular weight excluding hydrogens is 280 g/mol. The molecule has 2 rings (SSSR count). The van der Waals surface area contributed by atoms with Crippen molar-refractivity contribution in [1.82, 2.24) is 9.38 Å². The maximum Gasteiger partial charge on any atom is 0.356 e. The van der Waals surface area contributed by atoms with E-state index in [0.717, 1.165) is 4.60 Å². The van der Waals surface area contributed by atoms with Gasteiger partial charge in [-0.15, -0.1) is 0 Å². The molecule has 6 heteroatoms. The molecular formula is C9H7BrN2O2S. The Labute approximate surface area is 99.5 Å². The van der Waals surface area contributed by atoms with Gasteiger partial charge in [-0.25, -0.2) is 9.78 Å². The summed E-state index contributed by atoms with van der Waals surface area (Å²) in [6, 6.07) is 5.32. The van der Waals surface area contributed by atoms with Crippen molar-refractivity contribution in [1.29, 1.82) is 0 Å². The molecule has 0 unspecified atom stereocenters. The Morgan fingerprint density at radius 1 is 1.60 bits per heavy atom. The minimum Gasteiger partial charge on any atom is -0.476 e. The van der Waals surface area contributed by atoms with Gasteiger partial charge in [0.1, 0.15) is 5.82 Å². The molecule has 0 aliphatic rings. The van der Waals surface area contributed by atoms with Crippen molar-refractivity contribution in [2.75, 3.05) is 0 Å². The summed E-state index contributed by atoms with van der Waals surface area (Å²) in [5.41, 5.74) is 0.626. The van der Waals surface area contributed by atoms with E-state index in [4.69, 9.17) is 5.11 Å². The molecule has 1 N–H and O–H groups in total. The normalized spacial score (nSPS) is 10.8. The third kappa shape index (κ3) is 1.63. The highest BCUT2D eigenvalue weighted by molar-refractivity contribution is 9.10. The number of carbonyl (C=O) groups is 1. The van der Waals surface area contributed by atoms with Crippen LogP contribution in [0.1, 0.15) is 16.3 Å². The first-order chi connectivity index (χ1) is 7.15. The lowest BCUT2D eigenvalue weighted by molar-refractivity contribution is 0.0693. The summed E-state index contributed by atoms with van der Waals surface area (Å²) in [5, 5.41) is 8.97. The van der Waals surface area contributed by atoms with Gasteiger partial charge in [-0.1, -0.05) is 6.07 Å². The van der Waals surface area contributed by atoms with Crippen LogP contribution in [0.5, 0.6) is 0 Å². The first kappa shape index (κ1) is 10.5. The van der Waals surface area contributed by atoms with Gasteiger partial charge < -0.3 is 5.11 Å². The van der Waals surface area contributed by atoms with Gasteiger partial charge in [-0.2, -0.15) is 12.6 Å². The summed E-state index contributed by atoms with van der Waals surface area (Å²) in [7, 11) is 0. The van der Waals surface area contributed by atoms with E-state index in [1.807, 2.05) is 6.07 Å².